The van der Waals surface area contributed by atoms with E-state index >= 15 is 0 Å². The molecule has 1 aromatic heterocycles. The molecule has 3 rings (SSSR count). The van der Waals surface area contributed by atoms with E-state index in [2.05, 4.69) is 10.3 Å². The molecule has 1 aromatic carbocycles. The molecule has 1 aliphatic heterocycles. The van der Waals surface area contributed by atoms with E-state index < -0.39 is 6.04 Å². The van der Waals surface area contributed by atoms with Crippen LogP contribution < -0.4 is 5.32 Å². The number of benzene rings is 1. The molecule has 2 heterocycles. The van der Waals surface area contributed by atoms with Gasteiger partial charge in [-0.2, -0.15) is 0 Å². The minimum absolute atomic E-state index is 0.248. The molecule has 25 heavy (non-hydrogen) atoms. The summed E-state index contributed by atoms with van der Waals surface area (Å²) in [5.74, 6) is -0.0606. The maximum Gasteiger partial charge on any atom is 0.256 e. The summed E-state index contributed by atoms with van der Waals surface area (Å²) in [6, 6.07) is 7.82. The molecule has 7 heteroatoms. The Labute approximate surface area is 155 Å². The summed E-state index contributed by atoms with van der Waals surface area (Å²) >= 11 is 12.1. The summed E-state index contributed by atoms with van der Waals surface area (Å²) in [6.07, 6.45) is 2.99. The van der Waals surface area contributed by atoms with E-state index in [9.17, 15) is 9.59 Å². The molecule has 0 aliphatic carbocycles. The van der Waals surface area contributed by atoms with Crippen molar-refractivity contribution >= 4 is 40.8 Å². The lowest BCUT2D eigenvalue weighted by molar-refractivity contribution is -0.119. The highest BCUT2D eigenvalue weighted by Crippen LogP contribution is 2.26. The van der Waals surface area contributed by atoms with Crippen molar-refractivity contribution in [1.82, 2.24) is 9.88 Å². The minimum atomic E-state index is -0.551. The minimum Gasteiger partial charge on any atom is -0.327 e. The third-order valence-electron chi connectivity index (χ3n) is 4.14. The number of nitrogens with one attached hydrogen (secondary N) is 1. The summed E-state index contributed by atoms with van der Waals surface area (Å²) in [6.45, 7) is 2.42. The number of carbonyl (C=O) groups excluding carboxylic acids is 2. The molecule has 0 saturated carbocycles. The zero-order chi connectivity index (χ0) is 18.0. The Morgan fingerprint density at radius 3 is 2.80 bits per heavy atom. The smallest absolute Gasteiger partial charge is 0.256 e. The summed E-state index contributed by atoms with van der Waals surface area (Å²) in [4.78, 5) is 31.1. The van der Waals surface area contributed by atoms with Crippen molar-refractivity contribution < 1.29 is 9.59 Å². The molecule has 2 aromatic rings. The summed E-state index contributed by atoms with van der Waals surface area (Å²) < 4.78 is 0. The summed E-state index contributed by atoms with van der Waals surface area (Å²) in [7, 11) is 0. The molecule has 5 nitrogen and oxygen atoms in total. The highest BCUT2D eigenvalue weighted by atomic mass is 35.5. The lowest BCUT2D eigenvalue weighted by Gasteiger charge is -2.24. The van der Waals surface area contributed by atoms with Crippen LogP contribution in [0.1, 0.15) is 28.8 Å². The number of rotatable bonds is 3. The number of halogens is 2. The normalized spacial score (nSPS) is 16.8. The van der Waals surface area contributed by atoms with Crippen LogP contribution in [-0.2, 0) is 4.79 Å². The maximum atomic E-state index is 12.8. The van der Waals surface area contributed by atoms with Crippen molar-refractivity contribution in [1.29, 1.82) is 0 Å². The summed E-state index contributed by atoms with van der Waals surface area (Å²) in [5.41, 5.74) is 1.30. The van der Waals surface area contributed by atoms with Crippen molar-refractivity contribution in [3.05, 3.63) is 57.7 Å². The number of pyridine rings is 1. The largest absolute Gasteiger partial charge is 0.327 e. The molecular formula is C18H17Cl2N3O2. The van der Waals surface area contributed by atoms with E-state index in [0.717, 1.165) is 12.0 Å². The summed E-state index contributed by atoms with van der Waals surface area (Å²) in [5, 5.41) is 3.53. The Kier molecular flexibility index (Phi) is 5.25. The van der Waals surface area contributed by atoms with E-state index in [4.69, 9.17) is 23.2 Å². The van der Waals surface area contributed by atoms with Crippen molar-refractivity contribution in [2.45, 2.75) is 25.8 Å². The number of anilines is 1. The van der Waals surface area contributed by atoms with Crippen LogP contribution >= 0.6 is 23.2 Å². The van der Waals surface area contributed by atoms with Gasteiger partial charge in [0.15, 0.2) is 0 Å². The number of amides is 2. The first-order valence-electron chi connectivity index (χ1n) is 7.95. The van der Waals surface area contributed by atoms with Crippen LogP contribution in [0.15, 0.2) is 36.5 Å². The van der Waals surface area contributed by atoms with Crippen LogP contribution in [0.2, 0.25) is 10.0 Å². The quantitative estimate of drug-likeness (QED) is 0.880. The Bertz CT molecular complexity index is 826. The Morgan fingerprint density at radius 2 is 2.04 bits per heavy atom. The SMILES string of the molecule is Cc1ccnc(NC(=O)[C@@H]2CCCN2C(=O)c2cc(Cl)ccc2Cl)c1. The van der Waals surface area contributed by atoms with Gasteiger partial charge in [0.2, 0.25) is 5.91 Å². The average molecular weight is 378 g/mol. The predicted octanol–water partition coefficient (Wildman–Crippen LogP) is 3.94. The molecule has 2 amide bonds. The molecule has 1 atom stereocenters. The monoisotopic (exact) mass is 377 g/mol. The highest BCUT2D eigenvalue weighted by molar-refractivity contribution is 6.35. The second-order valence-electron chi connectivity index (χ2n) is 5.99. The Hall–Kier alpha value is -2.11. The van der Waals surface area contributed by atoms with Crippen LogP contribution in [0.25, 0.3) is 0 Å². The van der Waals surface area contributed by atoms with Crippen molar-refractivity contribution in [2.24, 2.45) is 0 Å². The third-order valence-corrected chi connectivity index (χ3v) is 4.71. The van der Waals surface area contributed by atoms with Gasteiger partial charge in [0, 0.05) is 17.8 Å². The van der Waals surface area contributed by atoms with E-state index in [1.165, 1.54) is 6.07 Å². The molecule has 0 unspecified atom stereocenters. The van der Waals surface area contributed by atoms with Gasteiger partial charge in [0.1, 0.15) is 11.9 Å². The Morgan fingerprint density at radius 1 is 1.24 bits per heavy atom. The fraction of sp³-hybridized carbons (Fsp3) is 0.278. The van der Waals surface area contributed by atoms with E-state index in [1.807, 2.05) is 13.0 Å². The van der Waals surface area contributed by atoms with Crippen LogP contribution in [0.4, 0.5) is 5.82 Å². The van der Waals surface area contributed by atoms with E-state index in [-0.39, 0.29) is 11.8 Å². The lowest BCUT2D eigenvalue weighted by atomic mass is 10.1. The number of nitrogens with zero attached hydrogens (tertiary/aromatic N) is 2. The molecule has 1 aliphatic rings. The van der Waals surface area contributed by atoms with Crippen LogP contribution in [0, 0.1) is 6.92 Å². The second-order valence-corrected chi connectivity index (χ2v) is 6.83. The number of carbonyl (C=O) groups is 2. The van der Waals surface area contributed by atoms with Crippen molar-refractivity contribution in [2.75, 3.05) is 11.9 Å². The molecule has 0 spiro atoms. The van der Waals surface area contributed by atoms with Crippen molar-refractivity contribution in [3.8, 4) is 0 Å². The second kappa shape index (κ2) is 7.42. The van der Waals surface area contributed by atoms with Crippen LogP contribution in [0.5, 0.6) is 0 Å². The van der Waals surface area contributed by atoms with Gasteiger partial charge in [-0.25, -0.2) is 4.98 Å². The molecule has 0 radical (unpaired) electrons. The highest BCUT2D eigenvalue weighted by Gasteiger charge is 2.35. The molecule has 1 fully saturated rings. The van der Waals surface area contributed by atoms with Gasteiger partial charge in [-0.1, -0.05) is 23.2 Å². The molecule has 1 N–H and O–H groups in total. The first kappa shape index (κ1) is 17.7. The third kappa shape index (κ3) is 3.94. The van der Waals surface area contributed by atoms with Gasteiger partial charge < -0.3 is 10.2 Å². The number of aromatic nitrogens is 1. The predicted molar refractivity (Wildman–Crippen MR) is 98.1 cm³/mol. The van der Waals surface area contributed by atoms with Gasteiger partial charge in [0.05, 0.1) is 10.6 Å². The van der Waals surface area contributed by atoms with Gasteiger partial charge in [0.25, 0.3) is 5.91 Å². The number of likely N-dealkylation sites (tertiary alicyclic amines) is 1. The van der Waals surface area contributed by atoms with Gasteiger partial charge in [-0.15, -0.1) is 0 Å². The topological polar surface area (TPSA) is 62.3 Å². The van der Waals surface area contributed by atoms with Crippen LogP contribution in [-0.4, -0.2) is 34.3 Å². The lowest BCUT2D eigenvalue weighted by Crippen LogP contribution is -2.43. The first-order chi connectivity index (χ1) is 12.0. The fourth-order valence-electron chi connectivity index (χ4n) is 2.91. The molecular weight excluding hydrogens is 361 g/mol. The molecule has 130 valence electrons. The fourth-order valence-corrected chi connectivity index (χ4v) is 3.28. The Balaban J connectivity index is 1.79. The standard InChI is InChI=1S/C18H17Cl2N3O2/c1-11-6-7-21-16(9-11)22-17(24)15-3-2-8-23(15)18(25)13-10-12(19)4-5-14(13)20/h4-7,9-10,15H,2-3,8H2,1H3,(H,21,22,24)/t15-/m0/s1. The van der Waals surface area contributed by atoms with Gasteiger partial charge >= 0.3 is 0 Å². The number of hydrogen-bond donors (Lipinski definition) is 1. The average Bonchev–Trinajstić information content (AvgIpc) is 3.06. The van der Waals surface area contributed by atoms with Gasteiger partial charge in [-0.3, -0.25) is 9.59 Å². The zero-order valence-corrected chi connectivity index (χ0v) is 15.1. The van der Waals surface area contributed by atoms with Gasteiger partial charge in [-0.05, 0) is 55.7 Å². The molecule has 0 bridgehead atoms. The number of hydrogen-bond acceptors (Lipinski definition) is 3. The first-order valence-corrected chi connectivity index (χ1v) is 8.71. The molecule has 1 saturated heterocycles. The van der Waals surface area contributed by atoms with E-state index in [0.29, 0.717) is 34.4 Å². The zero-order valence-electron chi connectivity index (χ0n) is 13.6. The van der Waals surface area contributed by atoms with Crippen LogP contribution in [0.3, 0.4) is 0 Å². The maximum absolute atomic E-state index is 12.8. The number of aryl methyl sites for hydroxylation is 1. The van der Waals surface area contributed by atoms with Crippen molar-refractivity contribution in [3.63, 3.8) is 0 Å². The van der Waals surface area contributed by atoms with E-state index in [1.54, 1.807) is 29.3 Å².